The highest BCUT2D eigenvalue weighted by atomic mass is 127. The minimum Gasteiger partial charge on any atom is -0.480 e. The lowest BCUT2D eigenvalue weighted by Gasteiger charge is -2.19. The molecule has 0 bridgehead atoms. The summed E-state index contributed by atoms with van der Waals surface area (Å²) in [6.45, 7) is -0.589. The molecule has 0 aliphatic heterocycles. The number of aliphatic carboxylic acids is 1. The minimum atomic E-state index is -1.15. The molecule has 4 nitrogen and oxygen atoms in total. The van der Waals surface area contributed by atoms with Crippen LogP contribution in [0.15, 0.2) is 12.1 Å². The van der Waals surface area contributed by atoms with E-state index in [0.29, 0.717) is 13.6 Å². The maximum atomic E-state index is 12.2. The van der Waals surface area contributed by atoms with Gasteiger partial charge in [0.2, 0.25) is 0 Å². The van der Waals surface area contributed by atoms with E-state index in [0.717, 1.165) is 4.90 Å². The van der Waals surface area contributed by atoms with Gasteiger partial charge >= 0.3 is 5.97 Å². The Morgan fingerprint density at radius 1 is 1.42 bits per heavy atom. The van der Waals surface area contributed by atoms with Gasteiger partial charge in [-0.15, -0.1) is 6.42 Å². The number of hydrogen-bond donors (Lipinski definition) is 1. The average Bonchev–Trinajstić information content (AvgIpc) is 2.32. The molecule has 0 saturated carbocycles. The Labute approximate surface area is 133 Å². The van der Waals surface area contributed by atoms with Crippen molar-refractivity contribution < 1.29 is 14.7 Å². The van der Waals surface area contributed by atoms with E-state index in [9.17, 15) is 9.59 Å². The second-order valence-electron chi connectivity index (χ2n) is 3.51. The Morgan fingerprint density at radius 2 is 2.05 bits per heavy atom. The van der Waals surface area contributed by atoms with Gasteiger partial charge < -0.3 is 10.0 Å². The maximum Gasteiger partial charge on any atom is 0.323 e. The van der Waals surface area contributed by atoms with Gasteiger partial charge in [0.25, 0.3) is 5.91 Å². The van der Waals surface area contributed by atoms with Crippen LogP contribution < -0.4 is 0 Å². The number of benzene rings is 1. The minimum absolute atomic E-state index is 0.106. The molecule has 0 unspecified atom stereocenters. The maximum absolute atomic E-state index is 12.2. The fourth-order valence-electron chi connectivity index (χ4n) is 1.35. The van der Waals surface area contributed by atoms with Crippen molar-refractivity contribution >= 4 is 57.7 Å². The van der Waals surface area contributed by atoms with Crippen LogP contribution in [0.3, 0.4) is 0 Å². The molecule has 100 valence electrons. The second-order valence-corrected chi connectivity index (χ2v) is 5.43. The fraction of sp³-hybridized carbons (Fsp3) is 0.167. The van der Waals surface area contributed by atoms with E-state index in [4.69, 9.17) is 34.7 Å². The smallest absolute Gasteiger partial charge is 0.323 e. The first-order valence-corrected chi connectivity index (χ1v) is 6.79. The molecule has 0 heterocycles. The average molecular weight is 412 g/mol. The van der Waals surface area contributed by atoms with Gasteiger partial charge in [0.15, 0.2) is 0 Å². The SMILES string of the molecule is C#CCN(CC(=O)O)C(=O)c1cc(Cl)cc(Cl)c1I. The van der Waals surface area contributed by atoms with Crippen molar-refractivity contribution in [2.24, 2.45) is 0 Å². The van der Waals surface area contributed by atoms with Gasteiger partial charge in [-0.1, -0.05) is 29.1 Å². The zero-order valence-corrected chi connectivity index (χ0v) is 13.2. The Bertz CT molecular complexity index is 569. The summed E-state index contributed by atoms with van der Waals surface area (Å²) in [6, 6.07) is 2.94. The number of hydrogen-bond acceptors (Lipinski definition) is 2. The Hall–Kier alpha value is -0.970. The number of terminal acetylenes is 1. The fourth-order valence-corrected chi connectivity index (χ4v) is 2.39. The molecular formula is C12H8Cl2INO3. The summed E-state index contributed by atoms with van der Waals surface area (Å²) in [6.07, 6.45) is 5.13. The van der Waals surface area contributed by atoms with Gasteiger partial charge in [-0.2, -0.15) is 0 Å². The zero-order chi connectivity index (χ0) is 14.6. The molecule has 0 saturated heterocycles. The van der Waals surface area contributed by atoms with E-state index < -0.39 is 18.4 Å². The highest BCUT2D eigenvalue weighted by Gasteiger charge is 2.21. The van der Waals surface area contributed by atoms with Crippen LogP contribution >= 0.6 is 45.8 Å². The van der Waals surface area contributed by atoms with Gasteiger partial charge in [0.05, 0.1) is 17.1 Å². The molecule has 1 rings (SSSR count). The van der Waals surface area contributed by atoms with Crippen molar-refractivity contribution in [3.63, 3.8) is 0 Å². The lowest BCUT2D eigenvalue weighted by atomic mass is 10.2. The summed E-state index contributed by atoms with van der Waals surface area (Å²) in [5.41, 5.74) is 0.231. The highest BCUT2D eigenvalue weighted by molar-refractivity contribution is 14.1. The molecule has 1 N–H and O–H groups in total. The number of carbonyl (C=O) groups excluding carboxylic acids is 1. The van der Waals surface area contributed by atoms with E-state index in [1.165, 1.54) is 12.1 Å². The van der Waals surface area contributed by atoms with Crippen LogP contribution in [0.25, 0.3) is 0 Å². The number of rotatable bonds is 4. The molecule has 7 heteroatoms. The van der Waals surface area contributed by atoms with E-state index in [-0.39, 0.29) is 12.1 Å². The van der Waals surface area contributed by atoms with Gasteiger partial charge in [0, 0.05) is 8.59 Å². The lowest BCUT2D eigenvalue weighted by Crippen LogP contribution is -2.36. The van der Waals surface area contributed by atoms with Crippen LogP contribution in [0, 0.1) is 15.9 Å². The number of halogens is 3. The van der Waals surface area contributed by atoms with Crippen LogP contribution in [0.5, 0.6) is 0 Å². The van der Waals surface area contributed by atoms with Crippen molar-refractivity contribution in [3.8, 4) is 12.3 Å². The first-order chi connectivity index (χ1) is 8.86. The first kappa shape index (κ1) is 16.1. The van der Waals surface area contributed by atoms with Gasteiger partial charge in [-0.05, 0) is 34.7 Å². The molecule has 0 fully saturated rings. The van der Waals surface area contributed by atoms with Crippen LogP contribution in [0.1, 0.15) is 10.4 Å². The molecule has 0 aliphatic carbocycles. The molecule has 0 radical (unpaired) electrons. The van der Waals surface area contributed by atoms with Crippen LogP contribution in [-0.2, 0) is 4.79 Å². The molecular weight excluding hydrogens is 404 g/mol. The van der Waals surface area contributed by atoms with Crippen molar-refractivity contribution in [2.75, 3.05) is 13.1 Å². The van der Waals surface area contributed by atoms with Gasteiger partial charge in [-0.3, -0.25) is 9.59 Å². The van der Waals surface area contributed by atoms with Gasteiger partial charge in [0.1, 0.15) is 6.54 Å². The van der Waals surface area contributed by atoms with E-state index in [1.54, 1.807) is 0 Å². The third-order valence-electron chi connectivity index (χ3n) is 2.12. The predicted molar refractivity (Wildman–Crippen MR) is 81.6 cm³/mol. The third-order valence-corrected chi connectivity index (χ3v) is 4.12. The Morgan fingerprint density at radius 3 is 2.58 bits per heavy atom. The van der Waals surface area contributed by atoms with Crippen molar-refractivity contribution in [2.45, 2.75) is 0 Å². The lowest BCUT2D eigenvalue weighted by molar-refractivity contribution is -0.137. The number of carbonyl (C=O) groups is 2. The molecule has 1 aromatic carbocycles. The summed E-state index contributed by atoms with van der Waals surface area (Å²) >= 11 is 13.7. The van der Waals surface area contributed by atoms with Crippen molar-refractivity contribution in [1.82, 2.24) is 4.90 Å². The Balaban J connectivity index is 3.16. The summed E-state index contributed by atoms with van der Waals surface area (Å²) in [7, 11) is 0. The molecule has 1 aromatic rings. The topological polar surface area (TPSA) is 57.6 Å². The second kappa shape index (κ2) is 6.98. The van der Waals surface area contributed by atoms with Crippen molar-refractivity contribution in [1.29, 1.82) is 0 Å². The van der Waals surface area contributed by atoms with Crippen LogP contribution in [0.2, 0.25) is 10.0 Å². The molecule has 19 heavy (non-hydrogen) atoms. The molecule has 1 amide bonds. The first-order valence-electron chi connectivity index (χ1n) is 4.96. The zero-order valence-electron chi connectivity index (χ0n) is 9.49. The summed E-state index contributed by atoms with van der Waals surface area (Å²) < 4.78 is 0.501. The number of carboxylic acid groups (broad SMARTS) is 1. The van der Waals surface area contributed by atoms with Crippen LogP contribution in [-0.4, -0.2) is 35.0 Å². The summed E-state index contributed by atoms with van der Waals surface area (Å²) in [4.78, 5) is 24.0. The largest absolute Gasteiger partial charge is 0.480 e. The number of amides is 1. The summed E-state index contributed by atoms with van der Waals surface area (Å²) in [5, 5.41) is 9.39. The highest BCUT2D eigenvalue weighted by Crippen LogP contribution is 2.27. The standard InChI is InChI=1S/C12H8Cl2INO3/c1-2-3-16(6-10(17)18)12(19)8-4-7(13)5-9(14)11(8)15/h1,4-5H,3,6H2,(H,17,18). The molecule has 0 aliphatic rings. The Kier molecular flexibility index (Phi) is 5.91. The normalized spacial score (nSPS) is 9.79. The molecule has 0 aromatic heterocycles. The molecule has 0 spiro atoms. The predicted octanol–water partition coefficient (Wildman–Crippen LogP) is 2.76. The van der Waals surface area contributed by atoms with E-state index in [1.807, 2.05) is 22.6 Å². The molecule has 0 atom stereocenters. The monoisotopic (exact) mass is 411 g/mol. The number of carboxylic acids is 1. The third kappa shape index (κ3) is 4.27. The van der Waals surface area contributed by atoms with Gasteiger partial charge in [-0.25, -0.2) is 0 Å². The summed E-state index contributed by atoms with van der Waals surface area (Å²) in [5.74, 6) is 0.580. The van der Waals surface area contributed by atoms with E-state index >= 15 is 0 Å². The number of nitrogens with zero attached hydrogens (tertiary/aromatic N) is 1. The quantitative estimate of drug-likeness (QED) is 0.471. The van der Waals surface area contributed by atoms with Crippen molar-refractivity contribution in [3.05, 3.63) is 31.3 Å². The van der Waals surface area contributed by atoms with Crippen LogP contribution in [0.4, 0.5) is 0 Å². The van der Waals surface area contributed by atoms with E-state index in [2.05, 4.69) is 5.92 Å².